The van der Waals surface area contributed by atoms with Crippen LogP contribution in [0.4, 0.5) is 0 Å². The Morgan fingerprint density at radius 1 is 1.54 bits per heavy atom. The number of amides is 1. The van der Waals surface area contributed by atoms with Crippen LogP contribution in [0.15, 0.2) is 23.1 Å². The molecule has 0 aromatic carbocycles. The number of aromatic amines is 1. The molecule has 13 heavy (non-hydrogen) atoms. The highest BCUT2D eigenvalue weighted by molar-refractivity contribution is 5.73. The summed E-state index contributed by atoms with van der Waals surface area (Å²) >= 11 is 0. The lowest BCUT2D eigenvalue weighted by Gasteiger charge is -1.97. The fourth-order valence-corrected chi connectivity index (χ4v) is 1.11. The predicted octanol–water partition coefficient (Wildman–Crippen LogP) is 0.183. The molecular formula is C9H12N2O2. The Hall–Kier alpha value is -1.58. The van der Waals surface area contributed by atoms with Crippen LogP contribution in [0.1, 0.15) is 18.4 Å². The minimum absolute atomic E-state index is 0.0908. The van der Waals surface area contributed by atoms with E-state index in [0.29, 0.717) is 24.8 Å². The first kappa shape index (κ1) is 9.51. The van der Waals surface area contributed by atoms with Crippen molar-refractivity contribution in [1.29, 1.82) is 0 Å². The lowest BCUT2D eigenvalue weighted by atomic mass is 10.1. The summed E-state index contributed by atoms with van der Waals surface area (Å²) in [5, 5.41) is 0. The van der Waals surface area contributed by atoms with E-state index in [4.69, 9.17) is 5.73 Å². The average molecular weight is 180 g/mol. The molecule has 70 valence electrons. The SMILES string of the molecule is NC(=O)CCCc1ccc[nH]c1=O. The lowest BCUT2D eigenvalue weighted by molar-refractivity contribution is -0.118. The molecule has 3 N–H and O–H groups in total. The molecular weight excluding hydrogens is 168 g/mol. The summed E-state index contributed by atoms with van der Waals surface area (Å²) in [5.41, 5.74) is 5.58. The van der Waals surface area contributed by atoms with E-state index in [1.807, 2.05) is 0 Å². The van der Waals surface area contributed by atoms with Crippen molar-refractivity contribution >= 4 is 5.91 Å². The van der Waals surface area contributed by atoms with Gasteiger partial charge in [-0.15, -0.1) is 0 Å². The van der Waals surface area contributed by atoms with Crippen LogP contribution in [-0.2, 0) is 11.2 Å². The Balaban J connectivity index is 2.50. The maximum atomic E-state index is 11.1. The van der Waals surface area contributed by atoms with Crippen LogP contribution in [0.2, 0.25) is 0 Å². The summed E-state index contributed by atoms with van der Waals surface area (Å²) in [6.07, 6.45) is 3.13. The van der Waals surface area contributed by atoms with Gasteiger partial charge in [0.15, 0.2) is 0 Å². The molecule has 0 fully saturated rings. The molecule has 1 aromatic rings. The van der Waals surface area contributed by atoms with Gasteiger partial charge in [-0.2, -0.15) is 0 Å². The van der Waals surface area contributed by atoms with Crippen LogP contribution in [0.25, 0.3) is 0 Å². The van der Waals surface area contributed by atoms with Gasteiger partial charge in [-0.25, -0.2) is 0 Å². The standard InChI is InChI=1S/C9H12N2O2/c10-8(12)5-1-3-7-4-2-6-11-9(7)13/h2,4,6H,1,3,5H2,(H2,10,12)(H,11,13). The lowest BCUT2D eigenvalue weighted by Crippen LogP contribution is -2.13. The van der Waals surface area contributed by atoms with Crippen molar-refractivity contribution in [3.63, 3.8) is 0 Å². The molecule has 0 aliphatic carbocycles. The Labute approximate surface area is 75.8 Å². The second-order valence-corrected chi connectivity index (χ2v) is 2.84. The molecule has 0 spiro atoms. The molecule has 1 rings (SSSR count). The molecule has 0 saturated carbocycles. The largest absolute Gasteiger partial charge is 0.370 e. The third kappa shape index (κ3) is 3.11. The molecule has 0 aliphatic rings. The molecule has 4 nitrogen and oxygen atoms in total. The Kier molecular flexibility index (Phi) is 3.25. The number of nitrogens with two attached hydrogens (primary N) is 1. The number of primary amides is 1. The quantitative estimate of drug-likeness (QED) is 0.693. The highest BCUT2D eigenvalue weighted by atomic mass is 16.1. The molecule has 1 aromatic heterocycles. The van der Waals surface area contributed by atoms with Crippen molar-refractivity contribution in [3.05, 3.63) is 34.2 Å². The van der Waals surface area contributed by atoms with Crippen molar-refractivity contribution in [2.75, 3.05) is 0 Å². The molecule has 0 aliphatic heterocycles. The highest BCUT2D eigenvalue weighted by Gasteiger charge is 1.99. The van der Waals surface area contributed by atoms with E-state index < -0.39 is 0 Å². The third-order valence-electron chi connectivity index (χ3n) is 1.77. The van der Waals surface area contributed by atoms with Crippen molar-refractivity contribution in [2.24, 2.45) is 5.73 Å². The van der Waals surface area contributed by atoms with Gasteiger partial charge >= 0.3 is 0 Å². The van der Waals surface area contributed by atoms with Gasteiger partial charge in [0, 0.05) is 18.2 Å². The number of nitrogens with one attached hydrogen (secondary N) is 1. The normalized spacial score (nSPS) is 9.85. The van der Waals surface area contributed by atoms with Crippen molar-refractivity contribution in [1.82, 2.24) is 4.98 Å². The van der Waals surface area contributed by atoms with E-state index in [-0.39, 0.29) is 11.5 Å². The Morgan fingerprint density at radius 2 is 2.31 bits per heavy atom. The van der Waals surface area contributed by atoms with Gasteiger partial charge in [0.2, 0.25) is 5.91 Å². The molecule has 0 radical (unpaired) electrons. The molecule has 0 bridgehead atoms. The number of hydrogen-bond donors (Lipinski definition) is 2. The van der Waals surface area contributed by atoms with Crippen LogP contribution < -0.4 is 11.3 Å². The summed E-state index contributed by atoms with van der Waals surface area (Å²) in [6.45, 7) is 0. The summed E-state index contributed by atoms with van der Waals surface area (Å²) in [5.74, 6) is -0.327. The highest BCUT2D eigenvalue weighted by Crippen LogP contribution is 1.97. The van der Waals surface area contributed by atoms with Crippen LogP contribution >= 0.6 is 0 Å². The van der Waals surface area contributed by atoms with E-state index in [2.05, 4.69) is 4.98 Å². The first-order valence-electron chi connectivity index (χ1n) is 4.15. The first-order chi connectivity index (χ1) is 6.20. The molecule has 1 amide bonds. The van der Waals surface area contributed by atoms with Gasteiger partial charge in [-0.05, 0) is 18.9 Å². The van der Waals surface area contributed by atoms with Crippen molar-refractivity contribution < 1.29 is 4.79 Å². The molecule has 0 atom stereocenters. The zero-order valence-corrected chi connectivity index (χ0v) is 7.25. The van der Waals surface area contributed by atoms with E-state index in [0.717, 1.165) is 0 Å². The summed E-state index contributed by atoms with van der Waals surface area (Å²) in [6, 6.07) is 3.51. The van der Waals surface area contributed by atoms with E-state index in [1.54, 1.807) is 18.3 Å². The monoisotopic (exact) mass is 180 g/mol. The number of rotatable bonds is 4. The first-order valence-corrected chi connectivity index (χ1v) is 4.15. The zero-order chi connectivity index (χ0) is 9.68. The minimum Gasteiger partial charge on any atom is -0.370 e. The number of carbonyl (C=O) groups is 1. The van der Waals surface area contributed by atoms with Crippen LogP contribution in [0.5, 0.6) is 0 Å². The summed E-state index contributed by atoms with van der Waals surface area (Å²) in [7, 11) is 0. The number of aromatic nitrogens is 1. The number of carbonyl (C=O) groups excluding carboxylic acids is 1. The fourth-order valence-electron chi connectivity index (χ4n) is 1.11. The smallest absolute Gasteiger partial charge is 0.251 e. The van der Waals surface area contributed by atoms with Crippen molar-refractivity contribution in [3.8, 4) is 0 Å². The van der Waals surface area contributed by atoms with E-state index in [1.165, 1.54) is 0 Å². The maximum Gasteiger partial charge on any atom is 0.251 e. The third-order valence-corrected chi connectivity index (χ3v) is 1.77. The second-order valence-electron chi connectivity index (χ2n) is 2.84. The molecule has 0 unspecified atom stereocenters. The van der Waals surface area contributed by atoms with Gasteiger partial charge in [-0.3, -0.25) is 9.59 Å². The van der Waals surface area contributed by atoms with E-state index in [9.17, 15) is 9.59 Å². The number of aryl methyl sites for hydroxylation is 1. The van der Waals surface area contributed by atoms with Gasteiger partial charge in [0.1, 0.15) is 0 Å². The number of H-pyrrole nitrogens is 1. The van der Waals surface area contributed by atoms with Crippen LogP contribution in [0.3, 0.4) is 0 Å². The van der Waals surface area contributed by atoms with Gasteiger partial charge in [0.05, 0.1) is 0 Å². The summed E-state index contributed by atoms with van der Waals surface area (Å²) < 4.78 is 0. The van der Waals surface area contributed by atoms with Crippen LogP contribution in [0, 0.1) is 0 Å². The number of hydrogen-bond acceptors (Lipinski definition) is 2. The van der Waals surface area contributed by atoms with Crippen molar-refractivity contribution in [2.45, 2.75) is 19.3 Å². The zero-order valence-electron chi connectivity index (χ0n) is 7.25. The minimum atomic E-state index is -0.327. The second kappa shape index (κ2) is 4.45. The van der Waals surface area contributed by atoms with Gasteiger partial charge in [-0.1, -0.05) is 6.07 Å². The van der Waals surface area contributed by atoms with Gasteiger partial charge in [0.25, 0.3) is 5.56 Å². The van der Waals surface area contributed by atoms with Gasteiger partial charge < -0.3 is 10.7 Å². The average Bonchev–Trinajstić information content (AvgIpc) is 2.08. The molecule has 4 heteroatoms. The number of pyridine rings is 1. The Morgan fingerprint density at radius 3 is 2.92 bits per heavy atom. The maximum absolute atomic E-state index is 11.1. The van der Waals surface area contributed by atoms with Crippen LogP contribution in [-0.4, -0.2) is 10.9 Å². The fraction of sp³-hybridized carbons (Fsp3) is 0.333. The molecule has 0 saturated heterocycles. The Bertz CT molecular complexity index is 343. The predicted molar refractivity (Wildman–Crippen MR) is 49.2 cm³/mol. The molecule has 1 heterocycles. The van der Waals surface area contributed by atoms with E-state index >= 15 is 0 Å². The summed E-state index contributed by atoms with van der Waals surface area (Å²) in [4.78, 5) is 24.1. The topological polar surface area (TPSA) is 76.0 Å².